The first-order valence-electron chi connectivity index (χ1n) is 11.2. The summed E-state index contributed by atoms with van der Waals surface area (Å²) in [6.45, 7) is 0.372. The van der Waals surface area contributed by atoms with E-state index in [-0.39, 0.29) is 17.2 Å². The summed E-state index contributed by atoms with van der Waals surface area (Å²) in [5, 5.41) is 5.52. The third-order valence-electron chi connectivity index (χ3n) is 7.31. The van der Waals surface area contributed by atoms with Gasteiger partial charge in [0.25, 0.3) is 0 Å². The highest BCUT2D eigenvalue weighted by Crippen LogP contribution is 2.60. The van der Waals surface area contributed by atoms with Crippen molar-refractivity contribution < 1.29 is 13.2 Å². The first-order valence-corrected chi connectivity index (χ1v) is 12.8. The minimum absolute atomic E-state index is 0.0172. The van der Waals surface area contributed by atoms with E-state index in [0.717, 1.165) is 42.6 Å². The summed E-state index contributed by atoms with van der Waals surface area (Å²) in [5.41, 5.74) is 1.46. The molecular weight excluding hydrogens is 410 g/mol. The Morgan fingerprint density at radius 3 is 2.23 bits per heavy atom. The van der Waals surface area contributed by atoms with Crippen LogP contribution in [0.1, 0.15) is 44.1 Å². The van der Waals surface area contributed by atoms with Crippen LogP contribution in [0.4, 0.5) is 10.5 Å². The van der Waals surface area contributed by atoms with E-state index >= 15 is 0 Å². The highest BCUT2D eigenvalue weighted by atomic mass is 32.2. The molecule has 6 rings (SSSR count). The number of pyridine rings is 1. The van der Waals surface area contributed by atoms with Crippen LogP contribution in [0.5, 0.6) is 0 Å². The van der Waals surface area contributed by atoms with E-state index in [0.29, 0.717) is 17.1 Å². The summed E-state index contributed by atoms with van der Waals surface area (Å²) in [4.78, 5) is 16.5. The van der Waals surface area contributed by atoms with E-state index in [1.807, 2.05) is 12.1 Å². The zero-order valence-electron chi connectivity index (χ0n) is 17.6. The van der Waals surface area contributed by atoms with Gasteiger partial charge in [-0.1, -0.05) is 6.07 Å². The number of amides is 2. The maximum absolute atomic E-state index is 13.2. The molecule has 0 unspecified atom stereocenters. The first-order chi connectivity index (χ1) is 14.9. The second kappa shape index (κ2) is 7.93. The Bertz CT molecular complexity index is 1020. The van der Waals surface area contributed by atoms with Crippen molar-refractivity contribution in [1.82, 2.24) is 10.3 Å². The predicted octanol–water partition coefficient (Wildman–Crippen LogP) is 4.39. The molecular formula is C24H29N3O3S. The second-order valence-electron chi connectivity index (χ2n) is 9.87. The fourth-order valence-electron chi connectivity index (χ4n) is 6.56. The van der Waals surface area contributed by atoms with Gasteiger partial charge in [0.15, 0.2) is 9.84 Å². The maximum Gasteiger partial charge on any atom is 0.319 e. The molecule has 2 amide bonds. The average molecular weight is 440 g/mol. The van der Waals surface area contributed by atoms with Crippen molar-refractivity contribution in [2.24, 2.45) is 23.2 Å². The standard InChI is InChI=1S/C24H29N3O3S/c28-23(26-15-17-2-1-7-25-14-17)27-21-3-5-22(6-4-21)31(29,30)16-24-11-18-8-19(12-24)10-20(9-18)13-24/h1-7,14,18-20H,8-13,15-16H2,(H2,26,27,28). The number of hydrogen-bond donors (Lipinski definition) is 2. The Balaban J connectivity index is 1.21. The number of hydrogen-bond acceptors (Lipinski definition) is 4. The second-order valence-corrected chi connectivity index (χ2v) is 11.9. The fourth-order valence-corrected chi connectivity index (χ4v) is 8.44. The van der Waals surface area contributed by atoms with Crippen LogP contribution in [0.15, 0.2) is 53.7 Å². The molecule has 1 aromatic heterocycles. The molecule has 2 N–H and O–H groups in total. The summed E-state index contributed by atoms with van der Waals surface area (Å²) < 4.78 is 26.4. The Labute approximate surface area is 183 Å². The maximum atomic E-state index is 13.2. The zero-order valence-corrected chi connectivity index (χ0v) is 18.4. The van der Waals surface area contributed by atoms with Crippen LogP contribution in [0.25, 0.3) is 0 Å². The van der Waals surface area contributed by atoms with Gasteiger partial charge in [-0.15, -0.1) is 0 Å². The molecule has 0 saturated heterocycles. The Morgan fingerprint density at radius 2 is 1.65 bits per heavy atom. The summed E-state index contributed by atoms with van der Waals surface area (Å²) >= 11 is 0. The molecule has 2 aromatic rings. The van der Waals surface area contributed by atoms with Gasteiger partial charge in [0, 0.05) is 24.6 Å². The lowest BCUT2D eigenvalue weighted by Crippen LogP contribution is -2.49. The summed E-state index contributed by atoms with van der Waals surface area (Å²) in [7, 11) is -3.35. The Kier molecular flexibility index (Phi) is 5.24. The van der Waals surface area contributed by atoms with Crippen LogP contribution in [0.3, 0.4) is 0 Å². The van der Waals surface area contributed by atoms with Crippen molar-refractivity contribution in [1.29, 1.82) is 0 Å². The molecule has 7 heteroatoms. The number of carbonyl (C=O) groups is 1. The number of aromatic nitrogens is 1. The average Bonchev–Trinajstić information content (AvgIpc) is 2.72. The fraction of sp³-hybridized carbons (Fsp3) is 0.500. The number of nitrogens with zero attached hydrogens (tertiary/aromatic N) is 1. The van der Waals surface area contributed by atoms with Gasteiger partial charge >= 0.3 is 6.03 Å². The Hall–Kier alpha value is -2.41. The predicted molar refractivity (Wildman–Crippen MR) is 119 cm³/mol. The lowest BCUT2D eigenvalue weighted by Gasteiger charge is -2.56. The van der Waals surface area contributed by atoms with Crippen molar-refractivity contribution in [2.75, 3.05) is 11.1 Å². The molecule has 0 spiro atoms. The molecule has 4 fully saturated rings. The van der Waals surface area contributed by atoms with Crippen molar-refractivity contribution >= 4 is 21.6 Å². The van der Waals surface area contributed by atoms with Crippen molar-refractivity contribution in [3.05, 3.63) is 54.4 Å². The lowest BCUT2D eigenvalue weighted by atomic mass is 9.50. The largest absolute Gasteiger partial charge is 0.334 e. The van der Waals surface area contributed by atoms with Crippen molar-refractivity contribution in [3.8, 4) is 0 Å². The smallest absolute Gasteiger partial charge is 0.319 e. The normalized spacial score (nSPS) is 29.0. The van der Waals surface area contributed by atoms with Gasteiger partial charge < -0.3 is 10.6 Å². The summed E-state index contributed by atoms with van der Waals surface area (Å²) in [6.07, 6.45) is 10.5. The van der Waals surface area contributed by atoms with Gasteiger partial charge in [-0.25, -0.2) is 13.2 Å². The molecule has 1 heterocycles. The summed E-state index contributed by atoms with van der Waals surface area (Å²) in [6, 6.07) is 9.92. The van der Waals surface area contributed by atoms with E-state index in [1.54, 1.807) is 36.7 Å². The number of rotatable bonds is 6. The van der Waals surface area contributed by atoms with Gasteiger partial charge in [0.2, 0.25) is 0 Å². The van der Waals surface area contributed by atoms with Crippen LogP contribution < -0.4 is 10.6 Å². The van der Waals surface area contributed by atoms with E-state index in [2.05, 4.69) is 15.6 Å². The van der Waals surface area contributed by atoms with Crippen LogP contribution in [0.2, 0.25) is 0 Å². The first kappa shape index (κ1) is 20.5. The number of benzene rings is 1. The monoisotopic (exact) mass is 439 g/mol. The van der Waals surface area contributed by atoms with E-state index in [4.69, 9.17) is 0 Å². The third kappa shape index (κ3) is 4.47. The molecule has 4 saturated carbocycles. The number of sulfone groups is 1. The van der Waals surface area contributed by atoms with Gasteiger partial charge in [0.05, 0.1) is 10.6 Å². The number of carbonyl (C=O) groups excluding carboxylic acids is 1. The van der Waals surface area contributed by atoms with Gasteiger partial charge in [-0.2, -0.15) is 0 Å². The number of anilines is 1. The molecule has 164 valence electrons. The van der Waals surface area contributed by atoms with E-state index < -0.39 is 9.84 Å². The summed E-state index contributed by atoms with van der Waals surface area (Å²) in [5.74, 6) is 2.47. The van der Waals surface area contributed by atoms with Crippen LogP contribution in [0, 0.1) is 23.2 Å². The molecule has 4 aliphatic rings. The highest BCUT2D eigenvalue weighted by Gasteiger charge is 2.52. The van der Waals surface area contributed by atoms with E-state index in [1.165, 1.54) is 19.3 Å². The molecule has 0 aliphatic heterocycles. The van der Waals surface area contributed by atoms with Gasteiger partial charge in [-0.05, 0) is 97.6 Å². The molecule has 0 radical (unpaired) electrons. The van der Waals surface area contributed by atoms with E-state index in [9.17, 15) is 13.2 Å². The van der Waals surface area contributed by atoms with Gasteiger partial charge in [-0.3, -0.25) is 4.98 Å². The Morgan fingerprint density at radius 1 is 1.00 bits per heavy atom. The lowest BCUT2D eigenvalue weighted by molar-refractivity contribution is -0.0390. The van der Waals surface area contributed by atoms with Crippen molar-refractivity contribution in [3.63, 3.8) is 0 Å². The highest BCUT2D eigenvalue weighted by molar-refractivity contribution is 7.91. The SMILES string of the molecule is O=C(NCc1cccnc1)Nc1ccc(S(=O)(=O)CC23CC4CC(CC(C4)C2)C3)cc1. The number of nitrogens with one attached hydrogen (secondary N) is 2. The minimum atomic E-state index is -3.35. The number of urea groups is 1. The molecule has 4 aliphatic carbocycles. The molecule has 6 nitrogen and oxygen atoms in total. The van der Waals surface area contributed by atoms with Crippen LogP contribution in [-0.4, -0.2) is 25.2 Å². The van der Waals surface area contributed by atoms with Gasteiger partial charge in [0.1, 0.15) is 0 Å². The molecule has 1 aromatic carbocycles. The van der Waals surface area contributed by atoms with Crippen LogP contribution >= 0.6 is 0 Å². The van der Waals surface area contributed by atoms with Crippen LogP contribution in [-0.2, 0) is 16.4 Å². The molecule has 4 bridgehead atoms. The van der Waals surface area contributed by atoms with Crippen molar-refractivity contribution in [2.45, 2.75) is 50.0 Å². The molecule has 0 atom stereocenters. The third-order valence-corrected chi connectivity index (χ3v) is 9.29. The molecule has 31 heavy (non-hydrogen) atoms. The quantitative estimate of drug-likeness (QED) is 0.699. The minimum Gasteiger partial charge on any atom is -0.334 e. The topological polar surface area (TPSA) is 88.2 Å². The zero-order chi connectivity index (χ0) is 21.5.